The van der Waals surface area contributed by atoms with Crippen LogP contribution in [0.2, 0.25) is 0 Å². The summed E-state index contributed by atoms with van der Waals surface area (Å²) < 4.78 is 4.88. The third-order valence-corrected chi connectivity index (χ3v) is 1.48. The number of hydrogen-bond donors (Lipinski definition) is 2. The highest BCUT2D eigenvalue weighted by molar-refractivity contribution is 5.63. The largest absolute Gasteiger partial charge is 0.481 e. The number of aromatic nitrogens is 1. The van der Waals surface area contributed by atoms with Crippen LogP contribution in [0.15, 0.2) is 6.07 Å². The van der Waals surface area contributed by atoms with E-state index in [2.05, 4.69) is 4.98 Å². The lowest BCUT2D eigenvalue weighted by Crippen LogP contribution is -2.01. The van der Waals surface area contributed by atoms with E-state index in [0.717, 1.165) is 5.56 Å². The van der Waals surface area contributed by atoms with Crippen LogP contribution in [0.25, 0.3) is 0 Å². The number of nitrogens with zero attached hydrogens (tertiary/aromatic N) is 1. The van der Waals surface area contributed by atoms with Crippen molar-refractivity contribution in [2.24, 2.45) is 0 Å². The molecule has 0 spiro atoms. The van der Waals surface area contributed by atoms with Crippen LogP contribution in [-0.2, 0) is 0 Å². The minimum atomic E-state index is 0.321. The topological polar surface area (TPSA) is 74.2 Å². The summed E-state index contributed by atoms with van der Waals surface area (Å²) in [6.45, 7) is 1.86. The molecule has 0 fully saturated rings. The maximum Gasteiger partial charge on any atom is 0.215 e. The fraction of sp³-hybridized carbons (Fsp3) is 0.286. The number of pyridine rings is 1. The average Bonchev–Trinajstić information content (AvgIpc) is 1.99. The summed E-state index contributed by atoms with van der Waals surface area (Å²) >= 11 is 0. The Morgan fingerprint density at radius 1 is 1.45 bits per heavy atom. The van der Waals surface area contributed by atoms with Gasteiger partial charge in [0.1, 0.15) is 0 Å². The molecule has 1 aromatic rings. The van der Waals surface area contributed by atoms with Gasteiger partial charge in [-0.05, 0) is 12.5 Å². The molecular formula is C7H11N3O. The number of nitrogens with two attached hydrogens (primary N) is 2. The fourth-order valence-electron chi connectivity index (χ4n) is 0.781. The second-order valence-corrected chi connectivity index (χ2v) is 2.28. The van der Waals surface area contributed by atoms with Gasteiger partial charge in [0.15, 0.2) is 5.82 Å². The summed E-state index contributed by atoms with van der Waals surface area (Å²) in [5, 5.41) is 0. The maximum atomic E-state index is 5.56. The van der Waals surface area contributed by atoms with Gasteiger partial charge >= 0.3 is 0 Å². The van der Waals surface area contributed by atoms with Crippen LogP contribution in [-0.4, -0.2) is 12.1 Å². The molecule has 0 aliphatic rings. The number of anilines is 2. The van der Waals surface area contributed by atoms with Crippen molar-refractivity contribution in [3.05, 3.63) is 11.6 Å². The molecule has 0 saturated carbocycles. The van der Waals surface area contributed by atoms with Crippen molar-refractivity contribution >= 4 is 11.5 Å². The van der Waals surface area contributed by atoms with Crippen molar-refractivity contribution in [3.8, 4) is 5.88 Å². The van der Waals surface area contributed by atoms with Gasteiger partial charge in [-0.2, -0.15) is 4.98 Å². The van der Waals surface area contributed by atoms with E-state index >= 15 is 0 Å². The van der Waals surface area contributed by atoms with Gasteiger partial charge in [0.2, 0.25) is 5.88 Å². The average molecular weight is 153 g/mol. The van der Waals surface area contributed by atoms with Crippen molar-refractivity contribution in [2.75, 3.05) is 18.6 Å². The molecule has 1 aromatic heterocycles. The molecule has 0 atom stereocenters. The first-order valence-corrected chi connectivity index (χ1v) is 3.21. The van der Waals surface area contributed by atoms with Gasteiger partial charge in [-0.25, -0.2) is 0 Å². The highest BCUT2D eigenvalue weighted by Gasteiger charge is 2.02. The van der Waals surface area contributed by atoms with Crippen molar-refractivity contribution in [2.45, 2.75) is 6.92 Å². The number of ether oxygens (including phenoxy) is 1. The van der Waals surface area contributed by atoms with Crippen LogP contribution in [0.1, 0.15) is 5.56 Å². The van der Waals surface area contributed by atoms with Crippen LogP contribution < -0.4 is 16.2 Å². The van der Waals surface area contributed by atoms with E-state index in [1.807, 2.05) is 6.92 Å². The molecular weight excluding hydrogens is 142 g/mol. The second-order valence-electron chi connectivity index (χ2n) is 2.28. The lowest BCUT2D eigenvalue weighted by Gasteiger charge is -2.05. The Balaban J connectivity index is 3.21. The molecule has 0 unspecified atom stereocenters. The molecule has 0 aliphatic heterocycles. The number of aryl methyl sites for hydroxylation is 1. The molecule has 0 aliphatic carbocycles. The lowest BCUT2D eigenvalue weighted by atomic mass is 10.2. The van der Waals surface area contributed by atoms with E-state index in [0.29, 0.717) is 17.4 Å². The minimum Gasteiger partial charge on any atom is -0.481 e. The van der Waals surface area contributed by atoms with E-state index in [1.54, 1.807) is 6.07 Å². The van der Waals surface area contributed by atoms with E-state index in [-0.39, 0.29) is 0 Å². The van der Waals surface area contributed by atoms with E-state index in [1.165, 1.54) is 7.11 Å². The zero-order valence-electron chi connectivity index (χ0n) is 6.59. The summed E-state index contributed by atoms with van der Waals surface area (Å²) in [6.07, 6.45) is 0. The second kappa shape index (κ2) is 2.65. The smallest absolute Gasteiger partial charge is 0.215 e. The lowest BCUT2D eigenvalue weighted by molar-refractivity contribution is 0.398. The first-order valence-electron chi connectivity index (χ1n) is 3.21. The molecule has 0 aromatic carbocycles. The number of methoxy groups -OCH3 is 1. The van der Waals surface area contributed by atoms with Gasteiger partial charge in [-0.3, -0.25) is 0 Å². The maximum absolute atomic E-state index is 5.56. The molecule has 4 N–H and O–H groups in total. The van der Waals surface area contributed by atoms with Crippen LogP contribution in [0.4, 0.5) is 11.5 Å². The van der Waals surface area contributed by atoms with Crippen LogP contribution >= 0.6 is 0 Å². The Labute approximate surface area is 65.2 Å². The van der Waals surface area contributed by atoms with E-state index in [9.17, 15) is 0 Å². The van der Waals surface area contributed by atoms with Crippen LogP contribution in [0, 0.1) is 6.92 Å². The van der Waals surface area contributed by atoms with Gasteiger partial charge in [0.05, 0.1) is 12.8 Å². The van der Waals surface area contributed by atoms with Crippen LogP contribution in [0.3, 0.4) is 0 Å². The zero-order chi connectivity index (χ0) is 8.43. The molecule has 1 heterocycles. The molecule has 0 saturated heterocycles. The minimum absolute atomic E-state index is 0.321. The van der Waals surface area contributed by atoms with Gasteiger partial charge < -0.3 is 16.2 Å². The van der Waals surface area contributed by atoms with E-state index < -0.39 is 0 Å². The third kappa shape index (κ3) is 1.34. The molecule has 0 amide bonds. The Morgan fingerprint density at radius 2 is 2.09 bits per heavy atom. The predicted octanol–water partition coefficient (Wildman–Crippen LogP) is 0.563. The molecule has 4 heteroatoms. The molecule has 0 bridgehead atoms. The van der Waals surface area contributed by atoms with Gasteiger partial charge in [0.25, 0.3) is 0 Å². The van der Waals surface area contributed by atoms with Gasteiger partial charge in [0, 0.05) is 6.07 Å². The Hall–Kier alpha value is -1.45. The normalized spacial score (nSPS) is 9.64. The van der Waals surface area contributed by atoms with Gasteiger partial charge in [-0.1, -0.05) is 0 Å². The zero-order valence-corrected chi connectivity index (χ0v) is 6.59. The van der Waals surface area contributed by atoms with Crippen molar-refractivity contribution < 1.29 is 4.74 Å². The fourth-order valence-corrected chi connectivity index (χ4v) is 0.781. The summed E-state index contributed by atoms with van der Waals surface area (Å²) in [5.74, 6) is 0.816. The van der Waals surface area contributed by atoms with Crippen molar-refractivity contribution in [1.82, 2.24) is 4.98 Å². The Kier molecular flexibility index (Phi) is 1.85. The summed E-state index contributed by atoms with van der Waals surface area (Å²) in [6, 6.07) is 1.74. The number of rotatable bonds is 1. The molecule has 1 rings (SSSR count). The molecule has 4 nitrogen and oxygen atoms in total. The third-order valence-electron chi connectivity index (χ3n) is 1.48. The van der Waals surface area contributed by atoms with Crippen molar-refractivity contribution in [3.63, 3.8) is 0 Å². The van der Waals surface area contributed by atoms with Gasteiger partial charge in [-0.15, -0.1) is 0 Å². The van der Waals surface area contributed by atoms with Crippen LogP contribution in [0.5, 0.6) is 5.88 Å². The Bertz CT molecular complexity index is 249. The molecule has 0 radical (unpaired) electrons. The Morgan fingerprint density at radius 3 is 2.55 bits per heavy atom. The first kappa shape index (κ1) is 7.65. The summed E-state index contributed by atoms with van der Waals surface area (Å²) in [7, 11) is 1.54. The number of hydrogen-bond acceptors (Lipinski definition) is 4. The summed E-state index contributed by atoms with van der Waals surface area (Å²) in [5.41, 5.74) is 12.4. The highest BCUT2D eigenvalue weighted by Crippen LogP contribution is 2.21. The SMILES string of the molecule is COc1cc(C)c(N)c(N)n1. The molecule has 11 heavy (non-hydrogen) atoms. The van der Waals surface area contributed by atoms with Crippen molar-refractivity contribution in [1.29, 1.82) is 0 Å². The molecule has 60 valence electrons. The quantitative estimate of drug-likeness (QED) is 0.618. The highest BCUT2D eigenvalue weighted by atomic mass is 16.5. The monoisotopic (exact) mass is 153 g/mol. The summed E-state index contributed by atoms with van der Waals surface area (Å²) in [4.78, 5) is 3.88. The first-order chi connectivity index (χ1) is 5.15. The van der Waals surface area contributed by atoms with E-state index in [4.69, 9.17) is 16.2 Å². The number of nitrogen functional groups attached to an aromatic ring is 2. The predicted molar refractivity (Wildman–Crippen MR) is 44.4 cm³/mol. The standard InChI is InChI=1S/C7H11N3O/c1-4-3-5(11-2)10-7(9)6(4)8/h3H,8H2,1-2H3,(H2,9,10).